The third kappa shape index (κ3) is 3.82. The molecule has 2 aliphatic rings. The van der Waals surface area contributed by atoms with Gasteiger partial charge in [-0.2, -0.15) is 0 Å². The van der Waals surface area contributed by atoms with Crippen molar-refractivity contribution >= 4 is 70.2 Å². The fourth-order valence-corrected chi connectivity index (χ4v) is 8.94. The molecular formula is C48H34O. The second-order valence-electron chi connectivity index (χ2n) is 15.2. The minimum atomic E-state index is 0.00552. The molecule has 0 radical (unpaired) electrons. The van der Waals surface area contributed by atoms with Gasteiger partial charge < -0.3 is 4.74 Å². The van der Waals surface area contributed by atoms with Gasteiger partial charge in [0, 0.05) is 11.5 Å². The lowest BCUT2D eigenvalue weighted by molar-refractivity contribution is 0.269. The Morgan fingerprint density at radius 3 is 1.82 bits per heavy atom. The van der Waals surface area contributed by atoms with E-state index >= 15 is 0 Å². The summed E-state index contributed by atoms with van der Waals surface area (Å²) in [5.74, 6) is 1.14. The van der Waals surface area contributed by atoms with Crippen LogP contribution in [0.1, 0.15) is 43.4 Å². The van der Waals surface area contributed by atoms with Gasteiger partial charge in [-0.1, -0.05) is 142 Å². The van der Waals surface area contributed by atoms with Crippen LogP contribution in [-0.2, 0) is 5.41 Å². The highest BCUT2D eigenvalue weighted by Crippen LogP contribution is 2.48. The van der Waals surface area contributed by atoms with Crippen molar-refractivity contribution in [3.05, 3.63) is 156 Å². The summed E-state index contributed by atoms with van der Waals surface area (Å²) in [4.78, 5) is 0. The normalized spacial score (nSPS) is 17.5. The number of allylic oxidation sites excluding steroid dienone is 2. The highest BCUT2D eigenvalue weighted by Gasteiger charge is 2.34. The summed E-state index contributed by atoms with van der Waals surface area (Å²) in [7, 11) is 0. The van der Waals surface area contributed by atoms with Crippen LogP contribution in [0.25, 0.3) is 81.3 Å². The number of fused-ring (bicyclic) bond motifs is 3. The van der Waals surface area contributed by atoms with Gasteiger partial charge in [-0.15, -0.1) is 0 Å². The third-order valence-corrected chi connectivity index (χ3v) is 11.4. The number of hydrogen-bond acceptors (Lipinski definition) is 1. The van der Waals surface area contributed by atoms with E-state index < -0.39 is 0 Å². The summed E-state index contributed by atoms with van der Waals surface area (Å²) in [5, 5.41) is 15.9. The minimum Gasteiger partial charge on any atom is -0.485 e. The van der Waals surface area contributed by atoms with Crippen LogP contribution in [0, 0.1) is 0 Å². The van der Waals surface area contributed by atoms with Crippen molar-refractivity contribution in [3.8, 4) is 16.9 Å². The van der Waals surface area contributed by atoms with E-state index in [9.17, 15) is 0 Å². The first-order valence-electron chi connectivity index (χ1n) is 17.5. The van der Waals surface area contributed by atoms with Crippen LogP contribution in [-0.4, -0.2) is 6.10 Å². The van der Waals surface area contributed by atoms with Crippen molar-refractivity contribution in [3.63, 3.8) is 0 Å². The Bertz CT molecular complexity index is 2860. The molecule has 2 atom stereocenters. The molecule has 9 aromatic carbocycles. The smallest absolute Gasteiger partial charge is 0.128 e. The molecule has 232 valence electrons. The predicted molar refractivity (Wildman–Crippen MR) is 209 cm³/mol. The summed E-state index contributed by atoms with van der Waals surface area (Å²) in [5.41, 5.74) is 7.80. The molecule has 0 spiro atoms. The molecule has 9 aromatic rings. The number of hydrogen-bond donors (Lipinski definition) is 0. The summed E-state index contributed by atoms with van der Waals surface area (Å²) in [6.45, 7) is 6.89. The summed E-state index contributed by atoms with van der Waals surface area (Å²) in [6.07, 6.45) is 7.00. The molecule has 1 heterocycles. The van der Waals surface area contributed by atoms with Crippen molar-refractivity contribution in [2.45, 2.75) is 38.2 Å². The van der Waals surface area contributed by atoms with Crippen molar-refractivity contribution in [2.75, 3.05) is 0 Å². The molecular weight excluding hydrogens is 593 g/mol. The van der Waals surface area contributed by atoms with Gasteiger partial charge in [0.25, 0.3) is 0 Å². The minimum absolute atomic E-state index is 0.00552. The highest BCUT2D eigenvalue weighted by molar-refractivity contribution is 6.26. The molecule has 1 aliphatic carbocycles. The largest absolute Gasteiger partial charge is 0.485 e. The second kappa shape index (κ2) is 9.49. The quantitative estimate of drug-likeness (QED) is 0.174. The maximum absolute atomic E-state index is 6.55. The van der Waals surface area contributed by atoms with E-state index in [1.165, 1.54) is 98.0 Å². The Labute approximate surface area is 285 Å². The molecule has 0 saturated carbocycles. The molecule has 0 aromatic heterocycles. The lowest BCUT2D eigenvalue weighted by Crippen LogP contribution is -2.17. The van der Waals surface area contributed by atoms with Crippen LogP contribution >= 0.6 is 0 Å². The van der Waals surface area contributed by atoms with Gasteiger partial charge in [-0.25, -0.2) is 0 Å². The standard InChI is InChI=1S/C48H34O/c1-48(2,3)35-23-33-10-9-30-12-18-37(39-20-14-34(24-35)45(33)47(30)39)32-16-22-43-41(26-32)40-25-31(15-21-42(40)49-43)36-17-11-29-8-7-27-5-4-6-28-13-19-38(36)46(29)44(27)28/h4-26,41,43H,1-3H3. The molecule has 0 bridgehead atoms. The van der Waals surface area contributed by atoms with E-state index in [4.69, 9.17) is 4.74 Å². The van der Waals surface area contributed by atoms with Crippen molar-refractivity contribution in [1.82, 2.24) is 0 Å². The predicted octanol–water partition coefficient (Wildman–Crippen LogP) is 12.9. The lowest BCUT2D eigenvalue weighted by atomic mass is 9.81. The molecule has 0 fully saturated rings. The fraction of sp³-hybridized carbons (Fsp3) is 0.125. The van der Waals surface area contributed by atoms with Crippen LogP contribution in [0.15, 0.2) is 140 Å². The van der Waals surface area contributed by atoms with E-state index in [-0.39, 0.29) is 17.4 Å². The summed E-state index contributed by atoms with van der Waals surface area (Å²) >= 11 is 0. The van der Waals surface area contributed by atoms with Crippen molar-refractivity contribution < 1.29 is 4.74 Å². The Morgan fingerprint density at radius 1 is 0.531 bits per heavy atom. The Kier molecular flexibility index (Phi) is 5.29. The molecule has 1 heteroatoms. The van der Waals surface area contributed by atoms with Gasteiger partial charge in [-0.3, -0.25) is 0 Å². The van der Waals surface area contributed by atoms with E-state index in [0.29, 0.717) is 0 Å². The van der Waals surface area contributed by atoms with Crippen molar-refractivity contribution in [1.29, 1.82) is 0 Å². The lowest BCUT2D eigenvalue weighted by Gasteiger charge is -2.23. The average Bonchev–Trinajstić information content (AvgIpc) is 3.49. The first kappa shape index (κ1) is 27.3. The summed E-state index contributed by atoms with van der Waals surface area (Å²) in [6, 6.07) is 45.8. The second-order valence-corrected chi connectivity index (χ2v) is 15.2. The van der Waals surface area contributed by atoms with E-state index in [1.807, 2.05) is 0 Å². The van der Waals surface area contributed by atoms with Gasteiger partial charge >= 0.3 is 0 Å². The van der Waals surface area contributed by atoms with E-state index in [0.717, 1.165) is 5.75 Å². The van der Waals surface area contributed by atoms with Crippen LogP contribution in [0.3, 0.4) is 0 Å². The van der Waals surface area contributed by atoms with Gasteiger partial charge in [0.15, 0.2) is 0 Å². The zero-order valence-electron chi connectivity index (χ0n) is 27.8. The monoisotopic (exact) mass is 626 g/mol. The number of rotatable bonds is 2. The average molecular weight is 627 g/mol. The molecule has 1 aliphatic heterocycles. The van der Waals surface area contributed by atoms with Gasteiger partial charge in [0.1, 0.15) is 11.9 Å². The summed E-state index contributed by atoms with van der Waals surface area (Å²) < 4.78 is 6.55. The Morgan fingerprint density at radius 2 is 1.10 bits per heavy atom. The fourth-order valence-electron chi connectivity index (χ4n) is 8.94. The SMILES string of the molecule is CC(C)(C)c1cc2ccc3ccc(C4=CC5c6cc(-c7ccc8ccc9cccc%10ccc7c8c9%10)ccc6OC5C=C4)c4ccc(c1)c2c34. The molecule has 49 heavy (non-hydrogen) atoms. The van der Waals surface area contributed by atoms with E-state index in [2.05, 4.69) is 160 Å². The zero-order chi connectivity index (χ0) is 32.6. The highest BCUT2D eigenvalue weighted by atomic mass is 16.5. The zero-order valence-corrected chi connectivity index (χ0v) is 27.8. The van der Waals surface area contributed by atoms with Crippen LogP contribution in [0.5, 0.6) is 5.75 Å². The van der Waals surface area contributed by atoms with E-state index in [1.54, 1.807) is 0 Å². The topological polar surface area (TPSA) is 9.23 Å². The first-order chi connectivity index (χ1) is 23.9. The van der Waals surface area contributed by atoms with Crippen molar-refractivity contribution in [2.24, 2.45) is 0 Å². The van der Waals surface area contributed by atoms with Gasteiger partial charge in [-0.05, 0) is 116 Å². The molecule has 1 nitrogen and oxygen atoms in total. The van der Waals surface area contributed by atoms with Crippen LogP contribution in [0.2, 0.25) is 0 Å². The molecule has 0 amide bonds. The maximum atomic E-state index is 6.55. The maximum Gasteiger partial charge on any atom is 0.128 e. The Balaban J connectivity index is 1.05. The first-order valence-corrected chi connectivity index (χ1v) is 17.5. The number of ether oxygens (including phenoxy) is 1. The molecule has 11 rings (SSSR count). The number of benzene rings is 9. The van der Waals surface area contributed by atoms with Gasteiger partial charge in [0.05, 0.1) is 0 Å². The van der Waals surface area contributed by atoms with Crippen LogP contribution < -0.4 is 4.74 Å². The van der Waals surface area contributed by atoms with Gasteiger partial charge in [0.2, 0.25) is 0 Å². The van der Waals surface area contributed by atoms with Crippen LogP contribution in [0.4, 0.5) is 0 Å². The molecule has 0 N–H and O–H groups in total. The third-order valence-electron chi connectivity index (χ3n) is 11.4. The Hall–Kier alpha value is -5.66. The molecule has 2 unspecified atom stereocenters. The molecule has 0 saturated heterocycles.